The fraction of sp³-hybridized carbons (Fsp3) is 0.561. The Kier molecular flexibility index (Phi) is 17.6. The molecule has 0 unspecified atom stereocenters. The van der Waals surface area contributed by atoms with Crippen molar-refractivity contribution in [3.8, 4) is 0 Å². The summed E-state index contributed by atoms with van der Waals surface area (Å²) in [5.41, 5.74) is 6.83. The molecule has 2 saturated heterocycles. The maximum atomic E-state index is 3.65. The molecule has 0 bridgehead atoms. The second-order valence-corrected chi connectivity index (χ2v) is 13.8. The number of nitrogens with zero attached hydrogens (tertiary/aromatic N) is 2. The molecule has 0 radical (unpaired) electrons. The molecule has 8 nitrogen and oxygen atoms in total. The minimum absolute atomic E-state index is 0.211. The molecule has 0 spiro atoms. The molecule has 49 heavy (non-hydrogen) atoms. The molecule has 2 heterocycles. The molecule has 0 amide bonds. The summed E-state index contributed by atoms with van der Waals surface area (Å²) in [5.74, 6) is 0.211. The first-order valence-electron chi connectivity index (χ1n) is 19.3. The highest BCUT2D eigenvalue weighted by Gasteiger charge is 2.18. The lowest BCUT2D eigenvalue weighted by Gasteiger charge is -2.25. The third-order valence-corrected chi connectivity index (χ3v) is 9.81. The Morgan fingerprint density at radius 1 is 0.367 bits per heavy atom. The van der Waals surface area contributed by atoms with Crippen LogP contribution in [-0.4, -0.2) is 115 Å². The van der Waals surface area contributed by atoms with Gasteiger partial charge in [-0.25, -0.2) is 0 Å². The topological polar surface area (TPSA) is 78.7 Å². The average Bonchev–Trinajstić information content (AvgIpc) is 3.13. The van der Waals surface area contributed by atoms with E-state index in [0.717, 1.165) is 118 Å². The molecule has 2 fully saturated rings. The standard InChI is InChI=1S/C41H64N8/c1-2-8-38(9-3-1)41(39-14-10-36(11-15-39)34-48-30-6-22-44-26-24-42-18-4-20-46-28-32-48)40-16-12-37(13-17-40)35-49-31-7-23-45-27-25-43-19-5-21-47-29-33-49/h1-3,8-17,41-47H,4-7,18-35H2. The Labute approximate surface area is 297 Å². The van der Waals surface area contributed by atoms with Gasteiger partial charge in [0.25, 0.3) is 0 Å². The molecule has 3 aromatic rings. The summed E-state index contributed by atoms with van der Waals surface area (Å²) in [4.78, 5) is 5.23. The van der Waals surface area contributed by atoms with Crippen LogP contribution < -0.4 is 31.9 Å². The predicted molar refractivity (Wildman–Crippen MR) is 207 cm³/mol. The lowest BCUT2D eigenvalue weighted by Crippen LogP contribution is -2.36. The van der Waals surface area contributed by atoms with E-state index in [2.05, 4.69) is 121 Å². The molecule has 2 aliphatic rings. The fourth-order valence-electron chi connectivity index (χ4n) is 7.02. The summed E-state index contributed by atoms with van der Waals surface area (Å²) in [7, 11) is 0. The van der Waals surface area contributed by atoms with E-state index in [9.17, 15) is 0 Å². The molecule has 5 rings (SSSR count). The van der Waals surface area contributed by atoms with E-state index in [-0.39, 0.29) is 5.92 Å². The lowest BCUT2D eigenvalue weighted by atomic mass is 9.84. The summed E-state index contributed by atoms with van der Waals surface area (Å²) >= 11 is 0. The van der Waals surface area contributed by atoms with Crippen LogP contribution in [0, 0.1) is 0 Å². The number of hydrogen-bond acceptors (Lipinski definition) is 8. The Balaban J connectivity index is 1.23. The molecule has 0 aromatic heterocycles. The van der Waals surface area contributed by atoms with Crippen LogP contribution in [0.15, 0.2) is 78.9 Å². The molecule has 0 saturated carbocycles. The molecule has 0 atom stereocenters. The molecule has 0 aliphatic carbocycles. The van der Waals surface area contributed by atoms with Crippen molar-refractivity contribution in [2.45, 2.75) is 44.7 Å². The van der Waals surface area contributed by atoms with Gasteiger partial charge in [0.15, 0.2) is 0 Å². The highest BCUT2D eigenvalue weighted by atomic mass is 15.1. The van der Waals surface area contributed by atoms with Crippen LogP contribution >= 0.6 is 0 Å². The highest BCUT2D eigenvalue weighted by Crippen LogP contribution is 2.32. The van der Waals surface area contributed by atoms with Crippen molar-refractivity contribution in [1.29, 1.82) is 0 Å². The normalized spacial score (nSPS) is 19.9. The monoisotopic (exact) mass is 669 g/mol. The van der Waals surface area contributed by atoms with E-state index in [1.807, 2.05) is 0 Å². The predicted octanol–water partition coefficient (Wildman–Crippen LogP) is 3.60. The second-order valence-electron chi connectivity index (χ2n) is 13.8. The third-order valence-electron chi connectivity index (χ3n) is 9.81. The van der Waals surface area contributed by atoms with E-state index in [4.69, 9.17) is 0 Å². The van der Waals surface area contributed by atoms with Crippen molar-refractivity contribution in [2.75, 3.05) is 105 Å². The van der Waals surface area contributed by atoms with Crippen LogP contribution in [0.3, 0.4) is 0 Å². The van der Waals surface area contributed by atoms with Crippen molar-refractivity contribution in [3.05, 3.63) is 107 Å². The zero-order valence-corrected chi connectivity index (χ0v) is 30.0. The van der Waals surface area contributed by atoms with Crippen molar-refractivity contribution in [1.82, 2.24) is 41.7 Å². The lowest BCUT2D eigenvalue weighted by molar-refractivity contribution is 0.260. The van der Waals surface area contributed by atoms with E-state index in [1.165, 1.54) is 53.5 Å². The van der Waals surface area contributed by atoms with E-state index in [1.54, 1.807) is 0 Å². The van der Waals surface area contributed by atoms with E-state index in [0.29, 0.717) is 0 Å². The Morgan fingerprint density at radius 3 is 1.16 bits per heavy atom. The third kappa shape index (κ3) is 14.2. The van der Waals surface area contributed by atoms with Crippen LogP contribution in [0.25, 0.3) is 0 Å². The van der Waals surface area contributed by atoms with Crippen LogP contribution in [0.1, 0.15) is 59.4 Å². The van der Waals surface area contributed by atoms with Gasteiger partial charge in [0.05, 0.1) is 0 Å². The quantitative estimate of drug-likeness (QED) is 0.214. The van der Waals surface area contributed by atoms with Crippen molar-refractivity contribution in [3.63, 3.8) is 0 Å². The molecule has 268 valence electrons. The van der Waals surface area contributed by atoms with Gasteiger partial charge in [0.1, 0.15) is 0 Å². The number of hydrogen-bond donors (Lipinski definition) is 6. The summed E-state index contributed by atoms with van der Waals surface area (Å²) in [6.07, 6.45) is 4.71. The second kappa shape index (κ2) is 22.9. The van der Waals surface area contributed by atoms with Gasteiger partial charge in [-0.1, -0.05) is 78.9 Å². The van der Waals surface area contributed by atoms with Gasteiger partial charge in [-0.3, -0.25) is 9.80 Å². The minimum atomic E-state index is 0.211. The summed E-state index contributed by atoms with van der Waals surface area (Å²) in [6, 6.07) is 30.0. The van der Waals surface area contributed by atoms with Gasteiger partial charge in [0.2, 0.25) is 0 Å². The smallest absolute Gasteiger partial charge is 0.0339 e. The van der Waals surface area contributed by atoms with E-state index < -0.39 is 0 Å². The van der Waals surface area contributed by atoms with Crippen molar-refractivity contribution in [2.24, 2.45) is 0 Å². The van der Waals surface area contributed by atoms with Crippen molar-refractivity contribution >= 4 is 0 Å². The van der Waals surface area contributed by atoms with Crippen LogP contribution in [0.2, 0.25) is 0 Å². The summed E-state index contributed by atoms with van der Waals surface area (Å²) in [5, 5.41) is 21.6. The Morgan fingerprint density at radius 2 is 0.735 bits per heavy atom. The summed E-state index contributed by atoms with van der Waals surface area (Å²) in [6.45, 7) is 19.2. The van der Waals surface area contributed by atoms with Crippen LogP contribution in [0.4, 0.5) is 0 Å². The maximum absolute atomic E-state index is 3.65. The SMILES string of the molecule is c1ccc(C(c2ccc(CN3CCCNCCNCCCNCC3)cc2)c2ccc(CN3CCCNCCNCCCNCC3)cc2)cc1. The molecule has 3 aromatic carbocycles. The highest BCUT2D eigenvalue weighted by molar-refractivity contribution is 5.44. The maximum Gasteiger partial charge on any atom is 0.0339 e. The molecule has 2 aliphatic heterocycles. The first-order chi connectivity index (χ1) is 24.3. The number of nitrogens with one attached hydrogen (secondary N) is 6. The first-order valence-corrected chi connectivity index (χ1v) is 19.3. The van der Waals surface area contributed by atoms with Gasteiger partial charge >= 0.3 is 0 Å². The molecule has 8 heteroatoms. The first kappa shape index (κ1) is 37.6. The fourth-order valence-corrected chi connectivity index (χ4v) is 7.02. The van der Waals surface area contributed by atoms with E-state index >= 15 is 0 Å². The molecular formula is C41H64N8. The zero-order chi connectivity index (χ0) is 33.6. The average molecular weight is 669 g/mol. The van der Waals surface area contributed by atoms with Gasteiger partial charge < -0.3 is 31.9 Å². The van der Waals surface area contributed by atoms with Crippen molar-refractivity contribution < 1.29 is 0 Å². The van der Waals surface area contributed by atoms with Gasteiger partial charge in [-0.05, 0) is 106 Å². The van der Waals surface area contributed by atoms with Crippen LogP contribution in [-0.2, 0) is 13.1 Å². The van der Waals surface area contributed by atoms with Gasteiger partial charge in [-0.2, -0.15) is 0 Å². The Bertz CT molecular complexity index is 1150. The largest absolute Gasteiger partial charge is 0.315 e. The van der Waals surface area contributed by atoms with Gasteiger partial charge in [-0.15, -0.1) is 0 Å². The minimum Gasteiger partial charge on any atom is -0.315 e. The molecular weight excluding hydrogens is 605 g/mol. The van der Waals surface area contributed by atoms with Gasteiger partial charge in [0, 0.05) is 71.4 Å². The van der Waals surface area contributed by atoms with Crippen LogP contribution in [0.5, 0.6) is 0 Å². The molecule has 6 N–H and O–H groups in total. The number of rotatable bonds is 7. The zero-order valence-electron chi connectivity index (χ0n) is 30.0. The summed E-state index contributed by atoms with van der Waals surface area (Å²) < 4.78 is 0. The Hall–Kier alpha value is -2.66. The number of benzene rings is 3.